The van der Waals surface area contributed by atoms with E-state index in [9.17, 15) is 28.0 Å². The number of benzene rings is 2. The van der Waals surface area contributed by atoms with E-state index >= 15 is 17.6 Å². The molecule has 2 fully saturated rings. The summed E-state index contributed by atoms with van der Waals surface area (Å²) in [5, 5.41) is 11.3. The number of carbonyl (C=O) groups excluding carboxylic acids is 4. The normalized spacial score (nSPS) is 20.6. The van der Waals surface area contributed by atoms with E-state index in [1.54, 1.807) is 48.7 Å². The van der Waals surface area contributed by atoms with Gasteiger partial charge < -0.3 is 40.6 Å². The SMILES string of the molecule is CC[C@H](NC(=O)[C@H](C)NC)C(=O)N1CC(F)(F)C[C@H]1Cc1c(-c2nc3cc(F)ccc3n2C[C@@H]2CC(F)(F)CN2C(=O)[C@@H](NC(=O)[C@H](C)NC)C(C)C)[nH]c2cc(F)ccc12. The number of aromatic nitrogens is 3. The topological polar surface area (TPSA) is 156 Å². The molecule has 2 saturated heterocycles. The van der Waals surface area contributed by atoms with Crippen molar-refractivity contribution in [3.8, 4) is 11.5 Å². The first-order valence-corrected chi connectivity index (χ1v) is 20.5. The van der Waals surface area contributed by atoms with Gasteiger partial charge in [0.15, 0.2) is 5.82 Å². The zero-order chi connectivity index (χ0) is 44.7. The molecule has 5 N–H and O–H groups in total. The van der Waals surface area contributed by atoms with Crippen LogP contribution in [0.1, 0.15) is 59.4 Å². The lowest BCUT2D eigenvalue weighted by atomic mass is 9.99. The quantitative estimate of drug-likeness (QED) is 0.108. The molecule has 0 radical (unpaired) electrons. The van der Waals surface area contributed by atoms with Crippen LogP contribution in [0.4, 0.5) is 26.3 Å². The Morgan fingerprint density at radius 3 is 2.00 bits per heavy atom. The fraction of sp³-hybridized carbons (Fsp3) is 0.548. The van der Waals surface area contributed by atoms with Crippen LogP contribution >= 0.6 is 0 Å². The number of H-pyrrole nitrogens is 1. The van der Waals surface area contributed by atoms with Crippen LogP contribution in [0.25, 0.3) is 33.5 Å². The van der Waals surface area contributed by atoms with Gasteiger partial charge in [-0.25, -0.2) is 31.3 Å². The second-order valence-electron chi connectivity index (χ2n) is 16.6. The Morgan fingerprint density at radius 2 is 1.39 bits per heavy atom. The number of fused-ring (bicyclic) bond motifs is 2. The lowest BCUT2D eigenvalue weighted by Crippen LogP contribution is -2.56. The zero-order valence-electron chi connectivity index (χ0n) is 35.1. The molecule has 2 aliphatic heterocycles. The maximum Gasteiger partial charge on any atom is 0.267 e. The number of likely N-dealkylation sites (tertiary alicyclic amines) is 2. The summed E-state index contributed by atoms with van der Waals surface area (Å²) in [6, 6.07) is 1.66. The molecule has 0 bridgehead atoms. The molecule has 2 aromatic carbocycles. The Labute approximate surface area is 349 Å². The van der Waals surface area contributed by atoms with Crippen LogP contribution in [0.5, 0.6) is 0 Å². The fourth-order valence-corrected chi connectivity index (χ4v) is 8.28. The summed E-state index contributed by atoms with van der Waals surface area (Å²) in [6.07, 6.45) is -1.58. The van der Waals surface area contributed by atoms with Gasteiger partial charge in [-0.15, -0.1) is 0 Å². The van der Waals surface area contributed by atoms with Crippen LogP contribution in [0, 0.1) is 17.6 Å². The van der Waals surface area contributed by atoms with Gasteiger partial charge in [-0.05, 0) is 82.6 Å². The number of alkyl halides is 4. The van der Waals surface area contributed by atoms with Crippen molar-refractivity contribution in [3.05, 3.63) is 53.6 Å². The highest BCUT2D eigenvalue weighted by molar-refractivity contribution is 5.93. The van der Waals surface area contributed by atoms with E-state index in [4.69, 9.17) is 4.98 Å². The van der Waals surface area contributed by atoms with E-state index in [1.807, 2.05) is 0 Å². The van der Waals surface area contributed by atoms with Crippen LogP contribution < -0.4 is 21.3 Å². The summed E-state index contributed by atoms with van der Waals surface area (Å²) >= 11 is 0. The Hall–Kier alpha value is -5.17. The standard InChI is InChI=1S/C42H53F6N9O4/c1-8-30(53-37(58)22(4)49-6)39(60)56-19-41(45,46)16-26(56)15-29-28-11-9-24(43)13-31(28)51-35(29)36-52-32-14-25(44)10-12-33(32)55(36)18-27-17-42(47,48)20-57(27)40(61)34(21(2)3)54-38(59)23(5)50-7/h9-14,21-23,26-27,30,34,49-51H,8,15-20H2,1-7H3,(H,53,58)(H,54,59)/t22-,23-,26+,27-,30-,34-/m0/s1. The maximum absolute atomic E-state index is 15.4. The van der Waals surface area contributed by atoms with E-state index in [0.29, 0.717) is 16.5 Å². The van der Waals surface area contributed by atoms with Crippen molar-refractivity contribution in [1.82, 2.24) is 45.6 Å². The summed E-state index contributed by atoms with van der Waals surface area (Å²) in [4.78, 5) is 63.7. The summed E-state index contributed by atoms with van der Waals surface area (Å²) in [5.41, 5.74) is 1.18. The second-order valence-corrected chi connectivity index (χ2v) is 16.6. The Kier molecular flexibility index (Phi) is 13.1. The minimum absolute atomic E-state index is 0.0637. The molecule has 19 heteroatoms. The van der Waals surface area contributed by atoms with Gasteiger partial charge in [0.2, 0.25) is 23.6 Å². The molecule has 0 saturated carbocycles. The molecule has 6 rings (SSSR count). The molecule has 4 heterocycles. The predicted molar refractivity (Wildman–Crippen MR) is 217 cm³/mol. The molecule has 0 unspecified atom stereocenters. The Bertz CT molecular complexity index is 2300. The van der Waals surface area contributed by atoms with Crippen molar-refractivity contribution in [2.45, 2.75) is 115 Å². The van der Waals surface area contributed by atoms with Gasteiger partial charge in [0, 0.05) is 42.4 Å². The number of rotatable bonds is 15. The van der Waals surface area contributed by atoms with E-state index < -0.39 is 115 Å². The number of nitrogens with zero attached hydrogens (tertiary/aromatic N) is 4. The number of amides is 4. The highest BCUT2D eigenvalue weighted by atomic mass is 19.3. The second kappa shape index (κ2) is 17.7. The molecule has 0 aliphatic carbocycles. The van der Waals surface area contributed by atoms with Gasteiger partial charge in [0.05, 0.1) is 47.9 Å². The molecule has 13 nitrogen and oxygen atoms in total. The fourth-order valence-electron chi connectivity index (χ4n) is 8.28. The molecule has 2 aliphatic rings. The van der Waals surface area contributed by atoms with Crippen molar-refractivity contribution in [1.29, 1.82) is 0 Å². The molecule has 332 valence electrons. The number of likely N-dealkylation sites (N-methyl/N-ethyl adjacent to an activating group) is 2. The molecule has 4 amide bonds. The molecule has 0 spiro atoms. The minimum Gasteiger partial charge on any atom is -0.352 e. The molecule has 61 heavy (non-hydrogen) atoms. The number of carbonyl (C=O) groups is 4. The summed E-state index contributed by atoms with van der Waals surface area (Å²) in [7, 11) is 3.13. The third-order valence-corrected chi connectivity index (χ3v) is 11.9. The van der Waals surface area contributed by atoms with E-state index in [1.165, 1.54) is 28.8 Å². The summed E-state index contributed by atoms with van der Waals surface area (Å²) in [6.45, 7) is 6.06. The van der Waals surface area contributed by atoms with Crippen LogP contribution in [0.2, 0.25) is 0 Å². The smallest absolute Gasteiger partial charge is 0.267 e. The van der Waals surface area contributed by atoms with Crippen LogP contribution in [0.3, 0.4) is 0 Å². The van der Waals surface area contributed by atoms with Gasteiger partial charge in [-0.2, -0.15) is 0 Å². The molecular weight excluding hydrogens is 809 g/mol. The Morgan fingerprint density at radius 1 is 0.820 bits per heavy atom. The first-order chi connectivity index (χ1) is 28.7. The van der Waals surface area contributed by atoms with Crippen molar-refractivity contribution < 1.29 is 45.5 Å². The highest BCUT2D eigenvalue weighted by Crippen LogP contribution is 2.40. The average molecular weight is 862 g/mol. The number of imidazole rings is 1. The number of aromatic amines is 1. The first kappa shape index (κ1) is 45.4. The van der Waals surface area contributed by atoms with E-state index in [-0.39, 0.29) is 41.9 Å². The monoisotopic (exact) mass is 861 g/mol. The minimum atomic E-state index is -3.32. The number of hydrogen-bond donors (Lipinski definition) is 5. The molecule has 6 atom stereocenters. The van der Waals surface area contributed by atoms with E-state index in [2.05, 4.69) is 26.3 Å². The zero-order valence-corrected chi connectivity index (χ0v) is 35.1. The number of hydrogen-bond acceptors (Lipinski definition) is 7. The molecular formula is C42H53F6N9O4. The van der Waals surface area contributed by atoms with Crippen molar-refractivity contribution in [2.24, 2.45) is 5.92 Å². The van der Waals surface area contributed by atoms with E-state index in [0.717, 1.165) is 21.9 Å². The summed E-state index contributed by atoms with van der Waals surface area (Å²) < 4.78 is 92.7. The van der Waals surface area contributed by atoms with Gasteiger partial charge in [-0.1, -0.05) is 20.8 Å². The van der Waals surface area contributed by atoms with Crippen LogP contribution in [-0.2, 0) is 32.1 Å². The van der Waals surface area contributed by atoms with Gasteiger partial charge >= 0.3 is 0 Å². The third-order valence-electron chi connectivity index (χ3n) is 11.9. The molecule has 2 aromatic heterocycles. The highest BCUT2D eigenvalue weighted by Gasteiger charge is 2.50. The first-order valence-electron chi connectivity index (χ1n) is 20.5. The van der Waals surface area contributed by atoms with Gasteiger partial charge in [0.25, 0.3) is 11.8 Å². The average Bonchev–Trinajstić information content (AvgIpc) is 3.92. The van der Waals surface area contributed by atoms with Crippen molar-refractivity contribution in [3.63, 3.8) is 0 Å². The number of nitrogens with one attached hydrogen (secondary N) is 5. The number of halogens is 6. The molecule has 4 aromatic rings. The predicted octanol–water partition coefficient (Wildman–Crippen LogP) is 4.73. The summed E-state index contributed by atoms with van der Waals surface area (Å²) in [5.74, 6) is -10.7. The third kappa shape index (κ3) is 9.51. The Balaban J connectivity index is 1.44. The lowest BCUT2D eigenvalue weighted by Gasteiger charge is -2.31. The van der Waals surface area contributed by atoms with Crippen LogP contribution in [-0.4, -0.2) is 123 Å². The van der Waals surface area contributed by atoms with Crippen LogP contribution in [0.15, 0.2) is 36.4 Å². The van der Waals surface area contributed by atoms with Crippen molar-refractivity contribution >= 4 is 45.6 Å². The largest absolute Gasteiger partial charge is 0.352 e. The van der Waals surface area contributed by atoms with Gasteiger partial charge in [-0.3, -0.25) is 19.2 Å². The maximum atomic E-state index is 15.4. The van der Waals surface area contributed by atoms with Crippen molar-refractivity contribution in [2.75, 3.05) is 27.2 Å². The van der Waals surface area contributed by atoms with Gasteiger partial charge in [0.1, 0.15) is 23.7 Å². The lowest BCUT2D eigenvalue weighted by molar-refractivity contribution is -0.139.